The first-order chi connectivity index (χ1) is 8.82. The third-order valence-corrected chi connectivity index (χ3v) is 2.55. The Bertz CT molecular complexity index is 575. The molecule has 1 N–H and O–H groups in total. The van der Waals surface area contributed by atoms with E-state index < -0.39 is 23.8 Å². The number of aliphatic carboxylic acids is 1. The van der Waals surface area contributed by atoms with E-state index >= 15 is 0 Å². The van der Waals surface area contributed by atoms with Crippen molar-refractivity contribution in [2.24, 2.45) is 0 Å². The van der Waals surface area contributed by atoms with Crippen LogP contribution in [0.5, 0.6) is 5.75 Å². The highest BCUT2D eigenvalue weighted by Gasteiger charge is 2.48. The zero-order valence-corrected chi connectivity index (χ0v) is 9.27. The van der Waals surface area contributed by atoms with E-state index in [0.717, 1.165) is 6.08 Å². The van der Waals surface area contributed by atoms with Crippen LogP contribution in [-0.4, -0.2) is 29.6 Å². The molecule has 1 aliphatic heterocycles. The van der Waals surface area contributed by atoms with Crippen molar-refractivity contribution >= 4 is 18.3 Å². The monoisotopic (exact) mass is 272 g/mol. The molecule has 1 aromatic rings. The fourth-order valence-electron chi connectivity index (χ4n) is 1.71. The molecule has 0 radical (unpaired) electrons. The second kappa shape index (κ2) is 4.42. The zero-order valence-electron chi connectivity index (χ0n) is 9.27. The lowest BCUT2D eigenvalue weighted by molar-refractivity contribution is -0.187. The highest BCUT2D eigenvalue weighted by Crippen LogP contribution is 2.37. The molecule has 100 valence electrons. The molecule has 1 aliphatic rings. The Morgan fingerprint density at radius 1 is 1.37 bits per heavy atom. The fraction of sp³-hybridized carbons (Fsp3) is 0.167. The summed E-state index contributed by atoms with van der Waals surface area (Å²) in [5.74, 6) is -1.83. The van der Waals surface area contributed by atoms with E-state index in [2.05, 4.69) is 4.74 Å². The first-order valence-electron chi connectivity index (χ1n) is 5.10. The smallest absolute Gasteiger partial charge is 0.430 e. The van der Waals surface area contributed by atoms with Crippen molar-refractivity contribution in [3.8, 4) is 5.75 Å². The summed E-state index contributed by atoms with van der Waals surface area (Å²) in [6.07, 6.45) is -5.97. The van der Waals surface area contributed by atoms with Crippen LogP contribution in [0.15, 0.2) is 23.8 Å². The number of benzene rings is 1. The average molecular weight is 272 g/mol. The van der Waals surface area contributed by atoms with Crippen LogP contribution in [0.4, 0.5) is 13.2 Å². The molecule has 1 aromatic carbocycles. The number of ether oxygens (including phenoxy) is 1. The number of fused-ring (bicyclic) bond motifs is 1. The molecule has 0 spiro atoms. The van der Waals surface area contributed by atoms with Crippen molar-refractivity contribution in [3.05, 3.63) is 34.9 Å². The van der Waals surface area contributed by atoms with Crippen LogP contribution < -0.4 is 4.74 Å². The topological polar surface area (TPSA) is 63.6 Å². The maximum Gasteiger partial charge on any atom is 0.430 e. The zero-order chi connectivity index (χ0) is 14.2. The van der Waals surface area contributed by atoms with E-state index in [1.807, 2.05) is 0 Å². The quantitative estimate of drug-likeness (QED) is 0.839. The van der Waals surface area contributed by atoms with Crippen LogP contribution in [0.3, 0.4) is 0 Å². The minimum absolute atomic E-state index is 0.113. The van der Waals surface area contributed by atoms with E-state index in [9.17, 15) is 22.8 Å². The third-order valence-electron chi connectivity index (χ3n) is 2.55. The summed E-state index contributed by atoms with van der Waals surface area (Å²) in [4.78, 5) is 21.4. The molecule has 0 saturated heterocycles. The Kier molecular flexibility index (Phi) is 3.05. The number of hydrogen-bond acceptors (Lipinski definition) is 3. The van der Waals surface area contributed by atoms with Gasteiger partial charge in [-0.3, -0.25) is 4.79 Å². The van der Waals surface area contributed by atoms with Crippen molar-refractivity contribution in [2.75, 3.05) is 0 Å². The first-order valence-corrected chi connectivity index (χ1v) is 5.10. The molecule has 0 amide bonds. The third kappa shape index (κ3) is 2.44. The molecule has 0 bridgehead atoms. The maximum atomic E-state index is 12.7. The number of halogens is 3. The van der Waals surface area contributed by atoms with Gasteiger partial charge in [-0.1, -0.05) is 0 Å². The largest absolute Gasteiger partial charge is 0.478 e. The Balaban J connectivity index is 2.54. The highest BCUT2D eigenvalue weighted by molar-refractivity contribution is 5.95. The molecular weight excluding hydrogens is 265 g/mol. The molecule has 0 saturated carbocycles. The second-order valence-corrected chi connectivity index (χ2v) is 3.86. The Labute approximate surface area is 105 Å². The van der Waals surface area contributed by atoms with Gasteiger partial charge in [-0.25, -0.2) is 4.79 Å². The molecule has 0 unspecified atom stereocenters. The first kappa shape index (κ1) is 13.1. The molecule has 1 heterocycles. The van der Waals surface area contributed by atoms with Gasteiger partial charge in [0.1, 0.15) is 12.0 Å². The fourth-order valence-corrected chi connectivity index (χ4v) is 1.71. The molecule has 4 nitrogen and oxygen atoms in total. The lowest BCUT2D eigenvalue weighted by Gasteiger charge is -2.27. The summed E-state index contributed by atoms with van der Waals surface area (Å²) in [5.41, 5.74) is -0.570. The molecule has 7 heteroatoms. The van der Waals surface area contributed by atoms with Gasteiger partial charge in [0.2, 0.25) is 6.10 Å². The van der Waals surface area contributed by atoms with Gasteiger partial charge < -0.3 is 9.84 Å². The van der Waals surface area contributed by atoms with Crippen molar-refractivity contribution in [2.45, 2.75) is 12.3 Å². The average Bonchev–Trinajstić information content (AvgIpc) is 2.35. The van der Waals surface area contributed by atoms with Gasteiger partial charge in [-0.15, -0.1) is 0 Å². The number of hydrogen-bond donors (Lipinski definition) is 1. The summed E-state index contributed by atoms with van der Waals surface area (Å²) in [7, 11) is 0. The van der Waals surface area contributed by atoms with Gasteiger partial charge in [0.25, 0.3) is 0 Å². The SMILES string of the molecule is O=Cc1ccc2c(c1)C=C(C(=O)O)[C@@H](C(F)(F)F)O2. The van der Waals surface area contributed by atoms with Crippen LogP contribution in [0.1, 0.15) is 15.9 Å². The summed E-state index contributed by atoms with van der Waals surface area (Å²) >= 11 is 0. The molecule has 1 atom stereocenters. The van der Waals surface area contributed by atoms with Crippen LogP contribution in [0.25, 0.3) is 6.08 Å². The van der Waals surface area contributed by atoms with Crippen LogP contribution in [-0.2, 0) is 4.79 Å². The van der Waals surface area contributed by atoms with Crippen molar-refractivity contribution < 1.29 is 32.6 Å². The molecule has 0 fully saturated rings. The standard InChI is InChI=1S/C12H7F3O4/c13-12(14,15)10-8(11(17)18)4-7-3-6(5-16)1-2-9(7)19-10/h1-5,10H,(H,17,18)/t10-/m0/s1. The van der Waals surface area contributed by atoms with E-state index in [0.29, 0.717) is 6.29 Å². The van der Waals surface area contributed by atoms with Crippen LogP contribution >= 0.6 is 0 Å². The van der Waals surface area contributed by atoms with Crippen molar-refractivity contribution in [1.82, 2.24) is 0 Å². The number of aldehydes is 1. The van der Waals surface area contributed by atoms with Gasteiger partial charge in [0.15, 0.2) is 0 Å². The van der Waals surface area contributed by atoms with E-state index in [1.54, 1.807) is 0 Å². The predicted molar refractivity (Wildman–Crippen MR) is 57.9 cm³/mol. The summed E-state index contributed by atoms with van der Waals surface area (Å²) < 4.78 is 42.8. The Morgan fingerprint density at radius 3 is 2.58 bits per heavy atom. The van der Waals surface area contributed by atoms with Gasteiger partial charge in [-0.05, 0) is 24.3 Å². The van der Waals surface area contributed by atoms with Gasteiger partial charge in [-0.2, -0.15) is 13.2 Å². The number of carbonyl (C=O) groups is 2. The minimum atomic E-state index is -4.83. The summed E-state index contributed by atoms with van der Waals surface area (Å²) in [6.45, 7) is 0. The predicted octanol–water partition coefficient (Wildman–Crippen LogP) is 2.29. The number of carboxylic acids is 1. The lowest BCUT2D eigenvalue weighted by atomic mass is 10.00. The second-order valence-electron chi connectivity index (χ2n) is 3.86. The van der Waals surface area contributed by atoms with Crippen LogP contribution in [0.2, 0.25) is 0 Å². The van der Waals surface area contributed by atoms with Gasteiger partial charge in [0, 0.05) is 11.1 Å². The van der Waals surface area contributed by atoms with E-state index in [-0.39, 0.29) is 16.9 Å². The molecular formula is C12H7F3O4. The molecule has 2 rings (SSSR count). The van der Waals surface area contributed by atoms with Gasteiger partial charge >= 0.3 is 12.1 Å². The lowest BCUT2D eigenvalue weighted by Crippen LogP contribution is -2.40. The number of carboxylic acid groups (broad SMARTS) is 1. The molecule has 0 aliphatic carbocycles. The summed E-state index contributed by atoms with van der Waals surface area (Å²) in [6, 6.07) is 3.75. The van der Waals surface area contributed by atoms with E-state index in [4.69, 9.17) is 5.11 Å². The Morgan fingerprint density at radius 2 is 2.05 bits per heavy atom. The highest BCUT2D eigenvalue weighted by atomic mass is 19.4. The molecule has 0 aromatic heterocycles. The number of carbonyl (C=O) groups excluding carboxylic acids is 1. The normalized spacial score (nSPS) is 18.1. The number of alkyl halides is 3. The van der Waals surface area contributed by atoms with Crippen LogP contribution in [0, 0.1) is 0 Å². The summed E-state index contributed by atoms with van der Waals surface area (Å²) in [5, 5.41) is 8.81. The van der Waals surface area contributed by atoms with E-state index in [1.165, 1.54) is 18.2 Å². The van der Waals surface area contributed by atoms with Crippen molar-refractivity contribution in [1.29, 1.82) is 0 Å². The maximum absolute atomic E-state index is 12.7. The van der Waals surface area contributed by atoms with Gasteiger partial charge in [0.05, 0.1) is 5.57 Å². The molecule has 19 heavy (non-hydrogen) atoms. The van der Waals surface area contributed by atoms with Crippen molar-refractivity contribution in [3.63, 3.8) is 0 Å². The number of rotatable bonds is 2. The Hall–Kier alpha value is -2.31. The minimum Gasteiger partial charge on any atom is -0.478 e.